The summed E-state index contributed by atoms with van der Waals surface area (Å²) >= 11 is 0. The van der Waals surface area contributed by atoms with Gasteiger partial charge in [0, 0.05) is 19.3 Å². The first kappa shape index (κ1) is 13.8. The van der Waals surface area contributed by atoms with E-state index >= 15 is 0 Å². The number of aliphatic hydroxyl groups is 1. The van der Waals surface area contributed by atoms with E-state index in [-0.39, 0.29) is 6.10 Å². The van der Waals surface area contributed by atoms with Gasteiger partial charge in [-0.3, -0.25) is 0 Å². The van der Waals surface area contributed by atoms with Gasteiger partial charge in [-0.05, 0) is 38.1 Å². The molecule has 4 nitrogen and oxygen atoms in total. The molecule has 1 atom stereocenters. The quantitative estimate of drug-likeness (QED) is 0.763. The maximum absolute atomic E-state index is 9.47. The molecular weight excluding hydrogens is 218 g/mol. The first-order valence-electron chi connectivity index (χ1n) is 5.79. The van der Waals surface area contributed by atoms with E-state index in [1.165, 1.54) is 0 Å². The normalized spacial score (nSPS) is 12.5. The number of hydrogen-bond acceptors (Lipinski definition) is 4. The van der Waals surface area contributed by atoms with E-state index in [9.17, 15) is 5.11 Å². The van der Waals surface area contributed by atoms with Gasteiger partial charge in [-0.15, -0.1) is 0 Å². The maximum atomic E-state index is 9.47. The van der Waals surface area contributed by atoms with Crippen LogP contribution in [0.25, 0.3) is 0 Å². The highest BCUT2D eigenvalue weighted by Crippen LogP contribution is 2.16. The molecule has 0 saturated carbocycles. The van der Waals surface area contributed by atoms with Crippen LogP contribution in [0, 0.1) is 0 Å². The largest absolute Gasteiger partial charge is 0.491 e. The average Bonchev–Trinajstić information content (AvgIpc) is 2.28. The molecule has 1 rings (SSSR count). The summed E-state index contributed by atoms with van der Waals surface area (Å²) in [7, 11) is 1.57. The lowest BCUT2D eigenvalue weighted by Crippen LogP contribution is -2.24. The Labute approximate surface area is 103 Å². The first-order chi connectivity index (χ1) is 8.11. The molecule has 4 heteroatoms. The monoisotopic (exact) mass is 239 g/mol. The minimum atomic E-state index is -0.494. The number of anilines is 1. The second kappa shape index (κ2) is 7.14. The van der Waals surface area contributed by atoms with Crippen LogP contribution in [0.3, 0.4) is 0 Å². The lowest BCUT2D eigenvalue weighted by Gasteiger charge is -2.13. The number of ether oxygens (including phenoxy) is 2. The van der Waals surface area contributed by atoms with Crippen molar-refractivity contribution < 1.29 is 14.6 Å². The van der Waals surface area contributed by atoms with Gasteiger partial charge in [0.2, 0.25) is 0 Å². The van der Waals surface area contributed by atoms with E-state index in [0.717, 1.165) is 11.4 Å². The molecule has 0 spiro atoms. The van der Waals surface area contributed by atoms with E-state index < -0.39 is 6.10 Å². The number of aliphatic hydroxyl groups excluding tert-OH is 1. The van der Waals surface area contributed by atoms with Crippen molar-refractivity contribution in [2.75, 3.05) is 25.6 Å². The molecule has 0 saturated heterocycles. The summed E-state index contributed by atoms with van der Waals surface area (Å²) in [5.41, 5.74) is 0.955. The van der Waals surface area contributed by atoms with Gasteiger partial charge in [0.05, 0.1) is 18.8 Å². The summed E-state index contributed by atoms with van der Waals surface area (Å²) in [5, 5.41) is 12.6. The summed E-state index contributed by atoms with van der Waals surface area (Å²) < 4.78 is 10.4. The number of rotatable bonds is 7. The standard InChI is InChI=1S/C13H21NO3/c1-10(2)17-13-6-4-11(5-7-13)14-8-12(15)9-16-3/h4-7,10,12,14-15H,8-9H2,1-3H3. The Bertz CT molecular complexity index is 311. The van der Waals surface area contributed by atoms with Crippen LogP contribution < -0.4 is 10.1 Å². The number of nitrogens with one attached hydrogen (secondary N) is 1. The third kappa shape index (κ3) is 5.56. The minimum absolute atomic E-state index is 0.178. The highest BCUT2D eigenvalue weighted by molar-refractivity contribution is 5.46. The molecule has 0 aliphatic rings. The van der Waals surface area contributed by atoms with Crippen molar-refractivity contribution in [3.05, 3.63) is 24.3 Å². The average molecular weight is 239 g/mol. The number of methoxy groups -OCH3 is 1. The highest BCUT2D eigenvalue weighted by Gasteiger charge is 2.03. The Morgan fingerprint density at radius 2 is 1.88 bits per heavy atom. The van der Waals surface area contributed by atoms with Crippen LogP contribution in [-0.4, -0.2) is 37.6 Å². The van der Waals surface area contributed by atoms with Gasteiger partial charge in [0.25, 0.3) is 0 Å². The molecule has 0 aliphatic heterocycles. The molecule has 0 fully saturated rings. The Balaban J connectivity index is 2.40. The molecule has 96 valence electrons. The number of hydrogen-bond donors (Lipinski definition) is 2. The molecule has 0 bridgehead atoms. The lowest BCUT2D eigenvalue weighted by atomic mass is 10.3. The zero-order valence-corrected chi connectivity index (χ0v) is 10.6. The zero-order chi connectivity index (χ0) is 12.7. The van der Waals surface area contributed by atoms with E-state index in [1.807, 2.05) is 38.1 Å². The maximum Gasteiger partial charge on any atom is 0.119 e. The van der Waals surface area contributed by atoms with Gasteiger partial charge >= 0.3 is 0 Å². The van der Waals surface area contributed by atoms with Crippen LogP contribution in [-0.2, 0) is 4.74 Å². The molecular formula is C13H21NO3. The Kier molecular flexibility index (Phi) is 5.80. The summed E-state index contributed by atoms with van der Waals surface area (Å²) in [6.07, 6.45) is -0.316. The van der Waals surface area contributed by atoms with Crippen LogP contribution >= 0.6 is 0 Å². The summed E-state index contributed by atoms with van der Waals surface area (Å²) in [6, 6.07) is 7.67. The van der Waals surface area contributed by atoms with Gasteiger partial charge < -0.3 is 19.9 Å². The lowest BCUT2D eigenvalue weighted by molar-refractivity contribution is 0.0727. The predicted molar refractivity (Wildman–Crippen MR) is 68.6 cm³/mol. The van der Waals surface area contributed by atoms with Crippen LogP contribution in [0.15, 0.2) is 24.3 Å². The summed E-state index contributed by atoms with van der Waals surface area (Å²) in [6.45, 7) is 4.79. The molecule has 0 heterocycles. The third-order valence-corrected chi connectivity index (χ3v) is 2.13. The van der Waals surface area contributed by atoms with Gasteiger partial charge in [-0.25, -0.2) is 0 Å². The second-order valence-corrected chi connectivity index (χ2v) is 4.18. The fourth-order valence-electron chi connectivity index (χ4n) is 1.41. The highest BCUT2D eigenvalue weighted by atomic mass is 16.5. The van der Waals surface area contributed by atoms with Gasteiger partial charge in [-0.1, -0.05) is 0 Å². The summed E-state index contributed by atoms with van der Waals surface area (Å²) in [4.78, 5) is 0. The smallest absolute Gasteiger partial charge is 0.119 e. The van der Waals surface area contributed by atoms with Crippen LogP contribution in [0.5, 0.6) is 5.75 Å². The zero-order valence-electron chi connectivity index (χ0n) is 10.6. The molecule has 0 amide bonds. The Hall–Kier alpha value is -1.26. The van der Waals surface area contributed by atoms with Gasteiger partial charge in [-0.2, -0.15) is 0 Å². The fourth-order valence-corrected chi connectivity index (χ4v) is 1.41. The fraction of sp³-hybridized carbons (Fsp3) is 0.538. The molecule has 2 N–H and O–H groups in total. The van der Waals surface area contributed by atoms with Crippen molar-refractivity contribution in [3.8, 4) is 5.75 Å². The van der Waals surface area contributed by atoms with Crippen LogP contribution in [0.2, 0.25) is 0 Å². The molecule has 1 aromatic rings. The van der Waals surface area contributed by atoms with Crippen molar-refractivity contribution in [2.45, 2.75) is 26.1 Å². The van der Waals surface area contributed by atoms with Gasteiger partial charge in [0.1, 0.15) is 5.75 Å². The molecule has 0 aliphatic carbocycles. The van der Waals surface area contributed by atoms with Gasteiger partial charge in [0.15, 0.2) is 0 Å². The Morgan fingerprint density at radius 3 is 2.41 bits per heavy atom. The van der Waals surface area contributed by atoms with Crippen molar-refractivity contribution >= 4 is 5.69 Å². The molecule has 0 radical (unpaired) electrons. The van der Waals surface area contributed by atoms with Crippen LogP contribution in [0.4, 0.5) is 5.69 Å². The number of benzene rings is 1. The molecule has 17 heavy (non-hydrogen) atoms. The Morgan fingerprint density at radius 1 is 1.24 bits per heavy atom. The molecule has 1 aromatic carbocycles. The van der Waals surface area contributed by atoms with Crippen molar-refractivity contribution in [2.24, 2.45) is 0 Å². The van der Waals surface area contributed by atoms with E-state index in [1.54, 1.807) is 7.11 Å². The second-order valence-electron chi connectivity index (χ2n) is 4.18. The SMILES string of the molecule is COCC(O)CNc1ccc(OC(C)C)cc1. The summed E-state index contributed by atoms with van der Waals surface area (Å²) in [5.74, 6) is 0.850. The van der Waals surface area contributed by atoms with E-state index in [0.29, 0.717) is 13.2 Å². The van der Waals surface area contributed by atoms with Crippen molar-refractivity contribution in [1.29, 1.82) is 0 Å². The topological polar surface area (TPSA) is 50.7 Å². The van der Waals surface area contributed by atoms with E-state index in [4.69, 9.17) is 9.47 Å². The predicted octanol–water partition coefficient (Wildman–Crippen LogP) is 1.89. The molecule has 0 aromatic heterocycles. The van der Waals surface area contributed by atoms with E-state index in [2.05, 4.69) is 5.32 Å². The molecule has 1 unspecified atom stereocenters. The van der Waals surface area contributed by atoms with Crippen LogP contribution in [0.1, 0.15) is 13.8 Å². The van der Waals surface area contributed by atoms with Crippen molar-refractivity contribution in [3.63, 3.8) is 0 Å². The first-order valence-corrected chi connectivity index (χ1v) is 5.79. The third-order valence-electron chi connectivity index (χ3n) is 2.13. The minimum Gasteiger partial charge on any atom is -0.491 e. The van der Waals surface area contributed by atoms with Crippen molar-refractivity contribution in [1.82, 2.24) is 0 Å².